The lowest BCUT2D eigenvalue weighted by Gasteiger charge is -2.17. The van der Waals surface area contributed by atoms with Crippen LogP contribution in [-0.2, 0) is 58.6 Å². The fourth-order valence-electron chi connectivity index (χ4n) is 3.81. The number of nitro groups is 2. The molecular formula is C31H34N4O14P2S2. The summed E-state index contributed by atoms with van der Waals surface area (Å²) in [5.41, 5.74) is 1.28. The van der Waals surface area contributed by atoms with Gasteiger partial charge in [0.2, 0.25) is 0 Å². The van der Waals surface area contributed by atoms with Crippen molar-refractivity contribution in [2.45, 2.75) is 26.1 Å². The van der Waals surface area contributed by atoms with Crippen LogP contribution in [0.2, 0.25) is 0 Å². The molecule has 0 saturated heterocycles. The summed E-state index contributed by atoms with van der Waals surface area (Å²) in [5, 5.41) is 35.0. The minimum Gasteiger partial charge on any atom is -0.481 e. The van der Waals surface area contributed by atoms with Crippen LogP contribution in [-0.4, -0.2) is 47.6 Å². The highest BCUT2D eigenvalue weighted by molar-refractivity contribution is 7.52. The highest BCUT2D eigenvalue weighted by Crippen LogP contribution is 2.46. The number of carboxylic acids is 1. The van der Waals surface area contributed by atoms with Crippen molar-refractivity contribution < 1.29 is 56.5 Å². The van der Waals surface area contributed by atoms with E-state index in [0.29, 0.717) is 20.9 Å². The van der Waals surface area contributed by atoms with Crippen molar-refractivity contribution in [3.05, 3.63) is 127 Å². The smallest absolute Gasteiger partial charge is 0.458 e. The van der Waals surface area contributed by atoms with Crippen molar-refractivity contribution in [2.75, 3.05) is 20.7 Å². The molecule has 0 aliphatic heterocycles. The molecule has 2 aromatic carbocycles. The number of carbonyl (C=O) groups is 2. The molecule has 0 aliphatic rings. The van der Waals surface area contributed by atoms with Crippen molar-refractivity contribution in [3.63, 3.8) is 0 Å². The van der Waals surface area contributed by atoms with E-state index >= 15 is 0 Å². The molecule has 4 rings (SSSR count). The number of thiophene rings is 2. The lowest BCUT2D eigenvalue weighted by atomic mass is 10.1. The summed E-state index contributed by atoms with van der Waals surface area (Å²) < 4.78 is 51.5. The van der Waals surface area contributed by atoms with Gasteiger partial charge in [0.25, 0.3) is 0 Å². The summed E-state index contributed by atoms with van der Waals surface area (Å²) >= 11 is 1.86. The third kappa shape index (κ3) is 14.6. The summed E-state index contributed by atoms with van der Waals surface area (Å²) in [6.45, 7) is 3.39. The number of nitrogens with zero attached hydrogens (tertiary/aromatic N) is 2. The molecule has 22 heteroatoms. The lowest BCUT2D eigenvalue weighted by Crippen LogP contribution is -2.12. The van der Waals surface area contributed by atoms with E-state index in [1.54, 1.807) is 36.4 Å². The van der Waals surface area contributed by atoms with Crippen molar-refractivity contribution in [3.8, 4) is 11.5 Å². The fourth-order valence-corrected chi connectivity index (χ4v) is 7.42. The Kier molecular flexibility index (Phi) is 16.5. The molecule has 284 valence electrons. The summed E-state index contributed by atoms with van der Waals surface area (Å²) in [6, 6.07) is 18.2. The van der Waals surface area contributed by atoms with Crippen LogP contribution < -0.4 is 19.2 Å². The maximum atomic E-state index is 12.7. The molecule has 0 spiro atoms. The summed E-state index contributed by atoms with van der Waals surface area (Å²) in [6.07, 6.45) is 1.45. The topological polar surface area (TPSA) is 245 Å². The van der Waals surface area contributed by atoms with Crippen LogP contribution in [0.4, 0.5) is 10.0 Å². The molecule has 18 nitrogen and oxygen atoms in total. The maximum Gasteiger partial charge on any atom is 0.458 e. The number of aliphatic carboxylic acids is 1. The van der Waals surface area contributed by atoms with Gasteiger partial charge in [-0.3, -0.25) is 38.9 Å². The molecule has 4 aromatic rings. The Labute approximate surface area is 310 Å². The average Bonchev–Trinajstić information content (AvgIpc) is 3.82. The van der Waals surface area contributed by atoms with Crippen LogP contribution in [0.1, 0.15) is 20.9 Å². The van der Waals surface area contributed by atoms with Crippen LogP contribution in [0, 0.1) is 20.2 Å². The van der Waals surface area contributed by atoms with Crippen molar-refractivity contribution in [2.24, 2.45) is 0 Å². The first kappa shape index (κ1) is 42.6. The lowest BCUT2D eigenvalue weighted by molar-refractivity contribution is -0.380. The number of rotatable bonds is 20. The first-order valence-corrected chi connectivity index (χ1v) is 19.8. The van der Waals surface area contributed by atoms with Gasteiger partial charge >= 0.3 is 37.4 Å². The molecule has 0 aliphatic carbocycles. The van der Waals surface area contributed by atoms with Gasteiger partial charge in [0.05, 0.1) is 35.9 Å². The zero-order valence-corrected chi connectivity index (χ0v) is 31.5. The minimum absolute atomic E-state index is 0.0268. The third-order valence-electron chi connectivity index (χ3n) is 6.32. The van der Waals surface area contributed by atoms with Gasteiger partial charge < -0.3 is 18.9 Å². The van der Waals surface area contributed by atoms with Gasteiger partial charge in [-0.1, -0.05) is 59.6 Å². The van der Waals surface area contributed by atoms with E-state index in [1.165, 1.54) is 56.6 Å². The van der Waals surface area contributed by atoms with Crippen molar-refractivity contribution in [1.29, 1.82) is 0 Å². The van der Waals surface area contributed by atoms with Crippen LogP contribution in [0.3, 0.4) is 0 Å². The van der Waals surface area contributed by atoms with Gasteiger partial charge in [-0.25, -0.2) is 19.3 Å². The van der Waals surface area contributed by atoms with Crippen LogP contribution >= 0.6 is 38.2 Å². The average molecular weight is 813 g/mol. The third-order valence-corrected chi connectivity index (χ3v) is 11.3. The second-order valence-electron chi connectivity index (χ2n) is 10.2. The van der Waals surface area contributed by atoms with E-state index in [2.05, 4.69) is 16.8 Å². The van der Waals surface area contributed by atoms with Crippen molar-refractivity contribution >= 4 is 60.1 Å². The normalized spacial score (nSPS) is 12.9. The predicted molar refractivity (Wildman–Crippen MR) is 195 cm³/mol. The monoisotopic (exact) mass is 812 g/mol. The molecule has 0 fully saturated rings. The molecule has 2 aromatic heterocycles. The molecule has 2 atom stereocenters. The molecule has 0 radical (unpaired) electrons. The highest BCUT2D eigenvalue weighted by atomic mass is 32.1. The quantitative estimate of drug-likeness (QED) is 0.0266. The van der Waals surface area contributed by atoms with E-state index in [-0.39, 0.29) is 60.1 Å². The van der Waals surface area contributed by atoms with E-state index in [4.69, 9.17) is 27.9 Å². The minimum atomic E-state index is -3.68. The van der Waals surface area contributed by atoms with Crippen LogP contribution in [0.15, 0.2) is 85.5 Å². The fraction of sp³-hybridized carbons (Fsp3) is 0.226. The van der Waals surface area contributed by atoms with Gasteiger partial charge in [-0.2, -0.15) is 0 Å². The van der Waals surface area contributed by atoms with E-state index in [0.717, 1.165) is 22.7 Å². The Balaban J connectivity index is 0.000000287. The SMILES string of the molecule is C=CCOC(=O)Cc1ccc(OP(=O)(NC)OCc2ccc([N+](=O)[O-])s2)cc1.CNP(=O)(OCc1ccc([N+](=O)[O-])s1)Oc1ccc(CC(=O)O)cc1. The van der Waals surface area contributed by atoms with E-state index in [9.17, 15) is 38.9 Å². The number of hydrogen-bond donors (Lipinski definition) is 3. The molecule has 0 saturated carbocycles. The molecule has 0 bridgehead atoms. The number of carbonyl (C=O) groups excluding carboxylic acids is 1. The summed E-state index contributed by atoms with van der Waals surface area (Å²) in [7, 11) is -4.53. The maximum absolute atomic E-state index is 12.7. The van der Waals surface area contributed by atoms with Gasteiger partial charge in [0.15, 0.2) is 0 Å². The second-order valence-corrected chi connectivity index (χ2v) is 16.2. The number of nitrogens with one attached hydrogen (secondary N) is 2. The summed E-state index contributed by atoms with van der Waals surface area (Å²) in [4.78, 5) is 43.6. The summed E-state index contributed by atoms with van der Waals surface area (Å²) in [5.74, 6) is -0.826. The second kappa shape index (κ2) is 20.5. The molecule has 0 amide bonds. The predicted octanol–water partition coefficient (Wildman–Crippen LogP) is 7.06. The molecule has 53 heavy (non-hydrogen) atoms. The zero-order chi connectivity index (χ0) is 39.0. The number of carboxylic acid groups (broad SMARTS) is 1. The standard InChI is InChI=1S/C17H19N2O7PS.C14H15N2O7PS/c1-3-10-24-17(20)11-13-4-6-14(7-5-13)26-27(23,18-2)25-12-15-8-9-16(28-15)19(21)22;1-15-24(21,22-9-12-6-7-13(25-12)16(19)20)23-11-4-2-10(3-5-11)8-14(17)18/h3-9H,1,10-12H2,2H3,(H,18,23);2-7H,8-9H2,1H3,(H,15,21)(H,17,18). The largest absolute Gasteiger partial charge is 0.481 e. The molecule has 3 N–H and O–H groups in total. The first-order chi connectivity index (χ1) is 25.2. The highest BCUT2D eigenvalue weighted by Gasteiger charge is 2.26. The van der Waals surface area contributed by atoms with Gasteiger partial charge in [0, 0.05) is 21.9 Å². The Bertz CT molecular complexity index is 1970. The van der Waals surface area contributed by atoms with Gasteiger partial charge in [0.1, 0.15) is 18.1 Å². The van der Waals surface area contributed by atoms with Gasteiger partial charge in [-0.05, 0) is 61.6 Å². The molecule has 2 heterocycles. The molecular weight excluding hydrogens is 778 g/mol. The number of esters is 1. The number of ether oxygens (including phenoxy) is 1. The zero-order valence-electron chi connectivity index (χ0n) is 28.1. The number of hydrogen-bond acceptors (Lipinski definition) is 15. The number of benzene rings is 2. The van der Waals surface area contributed by atoms with E-state index < -0.39 is 31.3 Å². The Morgan fingerprint density at radius 1 is 0.755 bits per heavy atom. The Hall–Kier alpha value is -4.78. The van der Waals surface area contributed by atoms with Crippen LogP contribution in [0.25, 0.3) is 0 Å². The van der Waals surface area contributed by atoms with Gasteiger partial charge in [-0.15, -0.1) is 0 Å². The van der Waals surface area contributed by atoms with Crippen molar-refractivity contribution in [1.82, 2.24) is 10.2 Å². The van der Waals surface area contributed by atoms with E-state index in [1.807, 2.05) is 0 Å². The molecule has 2 unspecified atom stereocenters. The van der Waals surface area contributed by atoms with Crippen LogP contribution in [0.5, 0.6) is 11.5 Å². The first-order valence-electron chi connectivity index (χ1n) is 15.0. The Morgan fingerprint density at radius 3 is 1.51 bits per heavy atom. The Morgan fingerprint density at radius 2 is 1.17 bits per heavy atom.